The number of nitrogens with one attached hydrogen (secondary N) is 2. The van der Waals surface area contributed by atoms with Gasteiger partial charge in [0.2, 0.25) is 5.91 Å². The van der Waals surface area contributed by atoms with Crippen molar-refractivity contribution in [1.29, 1.82) is 0 Å². The lowest BCUT2D eigenvalue weighted by molar-refractivity contribution is -0.118. The van der Waals surface area contributed by atoms with Crippen LogP contribution < -0.4 is 15.4 Å². The number of aromatic nitrogens is 1. The number of anilines is 1. The molecule has 30 heavy (non-hydrogen) atoms. The van der Waals surface area contributed by atoms with Gasteiger partial charge in [-0.2, -0.15) is 0 Å². The molecule has 1 atom stereocenters. The van der Waals surface area contributed by atoms with Crippen LogP contribution in [0.2, 0.25) is 0 Å². The highest BCUT2D eigenvalue weighted by molar-refractivity contribution is 7.22. The van der Waals surface area contributed by atoms with Crippen LogP contribution in [0.1, 0.15) is 31.1 Å². The number of hydrogen-bond donors (Lipinski definition) is 2. The molecule has 0 radical (unpaired) electrons. The highest BCUT2D eigenvalue weighted by Gasteiger charge is 2.26. The topological polar surface area (TPSA) is 80.3 Å². The van der Waals surface area contributed by atoms with Gasteiger partial charge in [-0.3, -0.25) is 9.59 Å². The molecule has 2 aromatic carbocycles. The average molecular weight is 433 g/mol. The van der Waals surface area contributed by atoms with Crippen molar-refractivity contribution in [2.24, 2.45) is 5.92 Å². The molecule has 0 aliphatic rings. The number of amides is 2. The Hall–Kier alpha value is -3.07. The van der Waals surface area contributed by atoms with Gasteiger partial charge in [-0.1, -0.05) is 25.2 Å². The van der Waals surface area contributed by atoms with Gasteiger partial charge in [0, 0.05) is 11.6 Å². The molecule has 2 amide bonds. The van der Waals surface area contributed by atoms with Crippen molar-refractivity contribution in [2.45, 2.75) is 26.8 Å². The van der Waals surface area contributed by atoms with Crippen LogP contribution in [-0.4, -0.2) is 29.4 Å². The standard InChI is InChI=1S/C21H21F2N3O3S/c1-4-29-13-7-5-12(6-8-13)19(27)25-18(11(2)3)20(28)26-21-24-16-9-14(22)15(23)10-17(16)30-21/h5-11,18H,4H2,1-3H3,(H,25,27)(H,24,26,28). The zero-order valence-electron chi connectivity index (χ0n) is 16.7. The number of thiazole rings is 1. The Bertz CT molecular complexity index is 1030. The summed E-state index contributed by atoms with van der Waals surface area (Å²) in [6, 6.07) is 7.78. The van der Waals surface area contributed by atoms with Gasteiger partial charge >= 0.3 is 0 Å². The number of halogens is 2. The maximum atomic E-state index is 13.4. The first-order valence-electron chi connectivity index (χ1n) is 9.38. The molecule has 3 rings (SSSR count). The van der Waals surface area contributed by atoms with Crippen molar-refractivity contribution in [1.82, 2.24) is 10.3 Å². The molecule has 3 aromatic rings. The Morgan fingerprint density at radius 2 is 1.80 bits per heavy atom. The van der Waals surface area contributed by atoms with E-state index in [4.69, 9.17) is 4.74 Å². The second-order valence-corrected chi connectivity index (χ2v) is 7.93. The van der Waals surface area contributed by atoms with Crippen LogP contribution in [0.15, 0.2) is 36.4 Å². The van der Waals surface area contributed by atoms with Crippen molar-refractivity contribution >= 4 is 38.5 Å². The van der Waals surface area contributed by atoms with Gasteiger partial charge in [0.25, 0.3) is 5.91 Å². The van der Waals surface area contributed by atoms with Crippen molar-refractivity contribution in [2.75, 3.05) is 11.9 Å². The number of rotatable bonds is 7. The summed E-state index contributed by atoms with van der Waals surface area (Å²) in [6.07, 6.45) is 0. The molecule has 0 fully saturated rings. The predicted octanol–water partition coefficient (Wildman–Crippen LogP) is 4.37. The fraction of sp³-hybridized carbons (Fsp3) is 0.286. The monoisotopic (exact) mass is 433 g/mol. The highest BCUT2D eigenvalue weighted by Crippen LogP contribution is 2.28. The predicted molar refractivity (Wildman–Crippen MR) is 112 cm³/mol. The van der Waals surface area contributed by atoms with Crippen LogP contribution in [-0.2, 0) is 4.79 Å². The number of fused-ring (bicyclic) bond motifs is 1. The number of benzene rings is 2. The summed E-state index contributed by atoms with van der Waals surface area (Å²) in [5.74, 6) is -2.42. The van der Waals surface area contributed by atoms with Crippen molar-refractivity contribution in [3.8, 4) is 5.75 Å². The summed E-state index contributed by atoms with van der Waals surface area (Å²) in [5, 5.41) is 5.54. The van der Waals surface area contributed by atoms with Gasteiger partial charge in [0.05, 0.1) is 16.8 Å². The van der Waals surface area contributed by atoms with Crippen LogP contribution in [0.4, 0.5) is 13.9 Å². The minimum absolute atomic E-state index is 0.195. The largest absolute Gasteiger partial charge is 0.494 e. The summed E-state index contributed by atoms with van der Waals surface area (Å²) >= 11 is 1.02. The number of carbonyl (C=O) groups excluding carboxylic acids is 2. The van der Waals surface area contributed by atoms with Gasteiger partial charge in [-0.15, -0.1) is 0 Å². The van der Waals surface area contributed by atoms with Crippen LogP contribution in [0.3, 0.4) is 0 Å². The first-order valence-corrected chi connectivity index (χ1v) is 10.2. The molecule has 0 aliphatic carbocycles. The molecule has 1 heterocycles. The smallest absolute Gasteiger partial charge is 0.251 e. The molecule has 0 spiro atoms. The first kappa shape index (κ1) is 21.6. The zero-order chi connectivity index (χ0) is 21.8. The van der Waals surface area contributed by atoms with E-state index in [0.717, 1.165) is 23.5 Å². The summed E-state index contributed by atoms with van der Waals surface area (Å²) in [6.45, 7) is 5.98. The lowest BCUT2D eigenvalue weighted by atomic mass is 10.0. The third kappa shape index (κ3) is 4.91. The van der Waals surface area contributed by atoms with E-state index in [-0.39, 0.29) is 16.6 Å². The zero-order valence-corrected chi connectivity index (χ0v) is 17.5. The molecular formula is C21H21F2N3O3S. The van der Waals surface area contributed by atoms with E-state index in [1.54, 1.807) is 38.1 Å². The minimum Gasteiger partial charge on any atom is -0.494 e. The molecule has 9 heteroatoms. The Balaban J connectivity index is 1.72. The third-order valence-corrected chi connectivity index (χ3v) is 5.26. The highest BCUT2D eigenvalue weighted by atomic mass is 32.1. The summed E-state index contributed by atoms with van der Waals surface area (Å²) in [7, 11) is 0. The second kappa shape index (κ2) is 9.17. The van der Waals surface area contributed by atoms with Crippen LogP contribution in [0, 0.1) is 17.6 Å². The summed E-state index contributed by atoms with van der Waals surface area (Å²) < 4.78 is 32.5. The lowest BCUT2D eigenvalue weighted by Crippen LogP contribution is -2.47. The molecule has 2 N–H and O–H groups in total. The van der Waals surface area contributed by atoms with E-state index >= 15 is 0 Å². The Kier molecular flexibility index (Phi) is 6.61. The molecule has 158 valence electrons. The van der Waals surface area contributed by atoms with Crippen LogP contribution in [0.5, 0.6) is 5.75 Å². The van der Waals surface area contributed by atoms with Gasteiger partial charge in [0.1, 0.15) is 11.8 Å². The fourth-order valence-electron chi connectivity index (χ4n) is 2.79. The quantitative estimate of drug-likeness (QED) is 0.580. The summed E-state index contributed by atoms with van der Waals surface area (Å²) in [4.78, 5) is 29.4. The normalized spacial score (nSPS) is 12.1. The van der Waals surface area contributed by atoms with E-state index in [9.17, 15) is 18.4 Å². The second-order valence-electron chi connectivity index (χ2n) is 6.89. The maximum Gasteiger partial charge on any atom is 0.251 e. The Morgan fingerprint density at radius 1 is 1.13 bits per heavy atom. The van der Waals surface area contributed by atoms with E-state index in [0.29, 0.717) is 22.6 Å². The SMILES string of the molecule is CCOc1ccc(C(=O)NC(C(=O)Nc2nc3cc(F)c(F)cc3s2)C(C)C)cc1. The molecule has 0 aliphatic heterocycles. The Morgan fingerprint density at radius 3 is 2.43 bits per heavy atom. The maximum absolute atomic E-state index is 13.4. The molecular weight excluding hydrogens is 412 g/mol. The van der Waals surface area contributed by atoms with Crippen molar-refractivity contribution in [3.05, 3.63) is 53.6 Å². The molecule has 1 unspecified atom stereocenters. The van der Waals surface area contributed by atoms with Crippen LogP contribution >= 0.6 is 11.3 Å². The number of ether oxygens (including phenoxy) is 1. The molecule has 0 bridgehead atoms. The number of hydrogen-bond acceptors (Lipinski definition) is 5. The van der Waals surface area contributed by atoms with E-state index in [1.807, 2.05) is 6.92 Å². The van der Waals surface area contributed by atoms with Crippen LogP contribution in [0.25, 0.3) is 10.2 Å². The van der Waals surface area contributed by atoms with E-state index < -0.39 is 29.5 Å². The Labute approximate surface area is 176 Å². The third-order valence-electron chi connectivity index (χ3n) is 4.32. The summed E-state index contributed by atoms with van der Waals surface area (Å²) in [5.41, 5.74) is 0.636. The lowest BCUT2D eigenvalue weighted by Gasteiger charge is -2.21. The van der Waals surface area contributed by atoms with E-state index in [2.05, 4.69) is 15.6 Å². The number of nitrogens with zero attached hydrogens (tertiary/aromatic N) is 1. The minimum atomic E-state index is -1.01. The average Bonchev–Trinajstić information content (AvgIpc) is 3.07. The van der Waals surface area contributed by atoms with Crippen molar-refractivity contribution in [3.63, 3.8) is 0 Å². The van der Waals surface area contributed by atoms with Crippen molar-refractivity contribution < 1.29 is 23.1 Å². The molecule has 0 saturated carbocycles. The fourth-order valence-corrected chi connectivity index (χ4v) is 3.66. The van der Waals surface area contributed by atoms with Gasteiger partial charge in [-0.05, 0) is 43.2 Å². The number of carbonyl (C=O) groups is 2. The van der Waals surface area contributed by atoms with Gasteiger partial charge in [-0.25, -0.2) is 13.8 Å². The van der Waals surface area contributed by atoms with Gasteiger partial charge in [0.15, 0.2) is 16.8 Å². The van der Waals surface area contributed by atoms with Gasteiger partial charge < -0.3 is 15.4 Å². The van der Waals surface area contributed by atoms with E-state index in [1.165, 1.54) is 0 Å². The molecule has 6 nitrogen and oxygen atoms in total. The molecule has 1 aromatic heterocycles. The molecule has 0 saturated heterocycles. The first-order chi connectivity index (χ1) is 14.3.